The van der Waals surface area contributed by atoms with Crippen molar-refractivity contribution in [3.05, 3.63) is 176 Å². The maximum Gasteiger partial charge on any atom is 0.165 e. The molecule has 0 unspecified atom stereocenters. The Morgan fingerprint density at radius 1 is 0.306 bits per heavy atom. The van der Waals surface area contributed by atoms with E-state index in [1.54, 1.807) is 11.3 Å². The van der Waals surface area contributed by atoms with E-state index in [0.717, 1.165) is 33.4 Å². The Morgan fingerprint density at radius 3 is 1.29 bits per heavy atom. The topological polar surface area (TPSA) is 38.7 Å². The third kappa shape index (κ3) is 5.58. The van der Waals surface area contributed by atoms with Gasteiger partial charge in [0.15, 0.2) is 17.5 Å². The van der Waals surface area contributed by atoms with Gasteiger partial charge in [-0.05, 0) is 51.6 Å². The molecule has 0 aliphatic heterocycles. The van der Waals surface area contributed by atoms with Crippen molar-refractivity contribution in [2.75, 3.05) is 0 Å². The zero-order chi connectivity index (χ0) is 32.6. The van der Waals surface area contributed by atoms with Crippen LogP contribution in [0.5, 0.6) is 0 Å². The number of nitrogens with zero attached hydrogens (tertiary/aromatic N) is 3. The van der Waals surface area contributed by atoms with Gasteiger partial charge >= 0.3 is 0 Å². The molecule has 0 saturated heterocycles. The van der Waals surface area contributed by atoms with Gasteiger partial charge < -0.3 is 0 Å². The molecular weight excluding hydrogens is 615 g/mol. The molecule has 0 aliphatic carbocycles. The van der Waals surface area contributed by atoms with Crippen molar-refractivity contribution in [3.63, 3.8) is 0 Å². The first kappa shape index (κ1) is 29.0. The summed E-state index contributed by atoms with van der Waals surface area (Å²) in [5, 5.41) is 2.44. The molecule has 0 saturated carbocycles. The Bertz CT molecular complexity index is 2560. The predicted octanol–water partition coefficient (Wildman–Crippen LogP) is 12.2. The highest BCUT2D eigenvalue weighted by molar-refractivity contribution is 7.26. The second-order valence-electron chi connectivity index (χ2n) is 12.1. The molecule has 7 aromatic carbocycles. The van der Waals surface area contributed by atoms with E-state index in [0.29, 0.717) is 17.5 Å². The van der Waals surface area contributed by atoms with Crippen molar-refractivity contribution in [1.29, 1.82) is 0 Å². The molecule has 0 atom stereocenters. The van der Waals surface area contributed by atoms with Crippen molar-refractivity contribution in [2.45, 2.75) is 0 Å². The third-order valence-corrected chi connectivity index (χ3v) is 10.2. The molecule has 49 heavy (non-hydrogen) atoms. The lowest BCUT2D eigenvalue weighted by Crippen LogP contribution is -2.00. The lowest BCUT2D eigenvalue weighted by molar-refractivity contribution is 1.08. The molecule has 4 heteroatoms. The second kappa shape index (κ2) is 12.4. The molecule has 0 amide bonds. The molecule has 230 valence electrons. The summed E-state index contributed by atoms with van der Waals surface area (Å²) in [5.41, 5.74) is 9.90. The maximum atomic E-state index is 5.20. The quantitative estimate of drug-likeness (QED) is 0.181. The SMILES string of the molecule is c1ccc(-c2ccc(-c3cc(-c4nc(-c5ccccc5)nc(-c5ccc(-c6ccccc6)cc5)n4)c4sc5ccccc5c4c3)cc2)cc1. The van der Waals surface area contributed by atoms with Crippen LogP contribution >= 0.6 is 11.3 Å². The largest absolute Gasteiger partial charge is 0.208 e. The standard InChI is InChI=1S/C45H29N3S/c1-4-12-30(13-5-1)32-20-22-34(23-21-32)37-28-39-38-18-10-11-19-41(38)49-42(39)40(29-37)45-47-43(35-16-8-3-9-17-35)46-44(48-45)36-26-24-33(25-27-36)31-14-6-2-7-15-31/h1-29H. The van der Waals surface area contributed by atoms with Crippen LogP contribution in [0.25, 0.3) is 87.7 Å². The molecule has 0 aliphatic rings. The fourth-order valence-corrected chi connectivity index (χ4v) is 7.62. The van der Waals surface area contributed by atoms with Gasteiger partial charge in [-0.1, -0.05) is 158 Å². The Hall–Kier alpha value is -6.23. The van der Waals surface area contributed by atoms with E-state index in [-0.39, 0.29) is 0 Å². The van der Waals surface area contributed by atoms with Crippen LogP contribution in [0.15, 0.2) is 176 Å². The van der Waals surface area contributed by atoms with Crippen LogP contribution in [0.4, 0.5) is 0 Å². The molecule has 0 radical (unpaired) electrons. The van der Waals surface area contributed by atoms with E-state index >= 15 is 0 Å². The van der Waals surface area contributed by atoms with Gasteiger partial charge in [0, 0.05) is 36.9 Å². The van der Waals surface area contributed by atoms with Crippen LogP contribution in [0.3, 0.4) is 0 Å². The molecule has 3 nitrogen and oxygen atoms in total. The monoisotopic (exact) mass is 643 g/mol. The lowest BCUT2D eigenvalue weighted by Gasteiger charge is -2.12. The van der Waals surface area contributed by atoms with Crippen LogP contribution in [0.1, 0.15) is 0 Å². The third-order valence-electron chi connectivity index (χ3n) is 8.96. The number of aromatic nitrogens is 3. The summed E-state index contributed by atoms with van der Waals surface area (Å²) in [6, 6.07) is 61.6. The van der Waals surface area contributed by atoms with Crippen molar-refractivity contribution >= 4 is 31.5 Å². The van der Waals surface area contributed by atoms with E-state index < -0.39 is 0 Å². The average Bonchev–Trinajstić information content (AvgIpc) is 3.57. The molecule has 0 bridgehead atoms. The van der Waals surface area contributed by atoms with E-state index in [9.17, 15) is 0 Å². The van der Waals surface area contributed by atoms with Crippen molar-refractivity contribution in [1.82, 2.24) is 15.0 Å². The molecule has 0 fully saturated rings. The number of rotatable bonds is 6. The summed E-state index contributed by atoms with van der Waals surface area (Å²) in [5.74, 6) is 1.96. The van der Waals surface area contributed by atoms with Gasteiger partial charge in [-0.15, -0.1) is 11.3 Å². The summed E-state index contributed by atoms with van der Waals surface area (Å²) in [4.78, 5) is 15.4. The highest BCUT2D eigenvalue weighted by atomic mass is 32.1. The molecule has 2 heterocycles. The average molecular weight is 644 g/mol. The van der Waals surface area contributed by atoms with Crippen LogP contribution in [0.2, 0.25) is 0 Å². The first-order valence-electron chi connectivity index (χ1n) is 16.4. The zero-order valence-electron chi connectivity index (χ0n) is 26.5. The number of hydrogen-bond acceptors (Lipinski definition) is 4. The van der Waals surface area contributed by atoms with Gasteiger partial charge in [0.2, 0.25) is 0 Å². The molecule has 0 N–H and O–H groups in total. The van der Waals surface area contributed by atoms with Crippen molar-refractivity contribution in [3.8, 4) is 67.5 Å². The van der Waals surface area contributed by atoms with Crippen LogP contribution in [0, 0.1) is 0 Å². The molecule has 2 aromatic heterocycles. The van der Waals surface area contributed by atoms with Crippen LogP contribution in [-0.4, -0.2) is 15.0 Å². The van der Waals surface area contributed by atoms with Crippen molar-refractivity contribution in [2.24, 2.45) is 0 Å². The van der Waals surface area contributed by atoms with E-state index in [1.807, 2.05) is 24.3 Å². The lowest BCUT2D eigenvalue weighted by atomic mass is 9.97. The minimum absolute atomic E-state index is 0.648. The number of hydrogen-bond donors (Lipinski definition) is 0. The number of benzene rings is 7. The number of thiophene rings is 1. The Morgan fingerprint density at radius 2 is 0.714 bits per heavy atom. The first-order chi connectivity index (χ1) is 24.3. The predicted molar refractivity (Wildman–Crippen MR) is 205 cm³/mol. The Labute approximate surface area is 288 Å². The van der Waals surface area contributed by atoms with E-state index in [2.05, 4.69) is 152 Å². The van der Waals surface area contributed by atoms with Crippen LogP contribution < -0.4 is 0 Å². The molecular formula is C45H29N3S. The first-order valence-corrected chi connectivity index (χ1v) is 17.2. The fraction of sp³-hybridized carbons (Fsp3) is 0. The van der Waals surface area contributed by atoms with Gasteiger partial charge in [-0.3, -0.25) is 0 Å². The Kier molecular flexibility index (Phi) is 7.34. The minimum Gasteiger partial charge on any atom is -0.208 e. The zero-order valence-corrected chi connectivity index (χ0v) is 27.3. The summed E-state index contributed by atoms with van der Waals surface area (Å²) in [7, 11) is 0. The minimum atomic E-state index is 0.648. The smallest absolute Gasteiger partial charge is 0.165 e. The molecule has 0 spiro atoms. The van der Waals surface area contributed by atoms with Crippen molar-refractivity contribution < 1.29 is 0 Å². The fourth-order valence-electron chi connectivity index (χ4n) is 6.43. The second-order valence-corrected chi connectivity index (χ2v) is 13.1. The molecule has 9 rings (SSSR count). The van der Waals surface area contributed by atoms with Gasteiger partial charge in [0.25, 0.3) is 0 Å². The number of fused-ring (bicyclic) bond motifs is 3. The van der Waals surface area contributed by atoms with Gasteiger partial charge in [-0.2, -0.15) is 0 Å². The Balaban J connectivity index is 1.23. The summed E-state index contributed by atoms with van der Waals surface area (Å²) >= 11 is 1.79. The van der Waals surface area contributed by atoms with E-state index in [1.165, 1.54) is 36.9 Å². The van der Waals surface area contributed by atoms with Gasteiger partial charge in [0.1, 0.15) is 0 Å². The highest BCUT2D eigenvalue weighted by Crippen LogP contribution is 2.42. The van der Waals surface area contributed by atoms with E-state index in [4.69, 9.17) is 15.0 Å². The molecule has 9 aromatic rings. The summed E-state index contributed by atoms with van der Waals surface area (Å²) in [6.45, 7) is 0. The maximum absolute atomic E-state index is 5.20. The summed E-state index contributed by atoms with van der Waals surface area (Å²) in [6.07, 6.45) is 0. The van der Waals surface area contributed by atoms with Gasteiger partial charge in [0.05, 0.1) is 0 Å². The highest BCUT2D eigenvalue weighted by Gasteiger charge is 2.18. The normalized spacial score (nSPS) is 11.3. The van der Waals surface area contributed by atoms with Crippen LogP contribution in [-0.2, 0) is 0 Å². The summed E-state index contributed by atoms with van der Waals surface area (Å²) < 4.78 is 2.41. The van der Waals surface area contributed by atoms with Gasteiger partial charge in [-0.25, -0.2) is 15.0 Å².